The Kier molecular flexibility index (Phi) is 8.38. The highest BCUT2D eigenvalue weighted by Gasteiger charge is 2.67. The van der Waals surface area contributed by atoms with E-state index in [0.29, 0.717) is 15.6 Å². The Morgan fingerprint density at radius 1 is 0.943 bits per heavy atom. The number of rotatable bonds is 7. The molecule has 1 aliphatic carbocycles. The van der Waals surface area contributed by atoms with Gasteiger partial charge in [0.25, 0.3) is 5.91 Å². The number of halogens is 8. The van der Waals surface area contributed by atoms with Gasteiger partial charge in [0, 0.05) is 21.7 Å². The van der Waals surface area contributed by atoms with E-state index in [9.17, 15) is 27.6 Å². The average molecular weight is 592 g/mol. The van der Waals surface area contributed by atoms with E-state index in [1.54, 1.807) is 17.4 Å². The molecule has 2 aromatic rings. The molecule has 6 nitrogen and oxygen atoms in total. The van der Waals surface area contributed by atoms with Crippen LogP contribution in [-0.2, 0) is 9.59 Å². The van der Waals surface area contributed by atoms with E-state index in [1.165, 1.54) is 24.3 Å². The van der Waals surface area contributed by atoms with Gasteiger partial charge in [-0.15, -0.1) is 23.2 Å². The zero-order valence-electron chi connectivity index (χ0n) is 17.3. The topological polar surface area (TPSA) is 87.3 Å². The molecular weight excluding hydrogens is 577 g/mol. The normalized spacial score (nSPS) is 18.5. The predicted molar refractivity (Wildman–Crippen MR) is 129 cm³/mol. The first-order chi connectivity index (χ1) is 16.2. The maximum absolute atomic E-state index is 12.9. The number of nitrogens with one attached hydrogen (secondary N) is 3. The van der Waals surface area contributed by atoms with Crippen molar-refractivity contribution >= 4 is 81.4 Å². The lowest BCUT2D eigenvalue weighted by atomic mass is 10.1. The highest BCUT2D eigenvalue weighted by molar-refractivity contribution is 6.53. The van der Waals surface area contributed by atoms with E-state index in [1.807, 2.05) is 0 Å². The lowest BCUT2D eigenvalue weighted by molar-refractivity contribution is -0.137. The largest absolute Gasteiger partial charge is 0.405 e. The summed E-state index contributed by atoms with van der Waals surface area (Å²) in [5.41, 5.74) is 0.627. The van der Waals surface area contributed by atoms with Crippen LogP contribution in [-0.4, -0.2) is 41.3 Å². The van der Waals surface area contributed by atoms with E-state index in [0.717, 1.165) is 0 Å². The third-order valence-corrected chi connectivity index (χ3v) is 6.66. The summed E-state index contributed by atoms with van der Waals surface area (Å²) in [5.74, 6) is -3.87. The number of alkyl halides is 5. The molecule has 188 valence electrons. The predicted octanol–water partition coefficient (Wildman–Crippen LogP) is 5.58. The molecule has 2 atom stereocenters. The maximum Gasteiger partial charge on any atom is 0.405 e. The van der Waals surface area contributed by atoms with Crippen LogP contribution < -0.4 is 16.0 Å². The molecule has 0 radical (unpaired) electrons. The van der Waals surface area contributed by atoms with Gasteiger partial charge < -0.3 is 16.0 Å². The highest BCUT2D eigenvalue weighted by atomic mass is 35.5. The quantitative estimate of drug-likeness (QED) is 0.368. The van der Waals surface area contributed by atoms with Crippen molar-refractivity contribution in [3.05, 3.63) is 62.6 Å². The van der Waals surface area contributed by atoms with Gasteiger partial charge >= 0.3 is 6.18 Å². The number of carbonyl (C=O) groups is 3. The summed E-state index contributed by atoms with van der Waals surface area (Å²) in [6.07, 6.45) is -4.58. The van der Waals surface area contributed by atoms with Crippen LogP contribution in [0.1, 0.15) is 21.8 Å². The second-order valence-corrected chi connectivity index (χ2v) is 10.3. The molecule has 0 spiro atoms. The molecule has 0 heterocycles. The molecule has 0 bridgehead atoms. The number of amides is 3. The van der Waals surface area contributed by atoms with Crippen LogP contribution in [0.3, 0.4) is 0 Å². The lowest BCUT2D eigenvalue weighted by Crippen LogP contribution is -2.40. The molecule has 3 rings (SSSR count). The molecule has 1 fully saturated rings. The van der Waals surface area contributed by atoms with Crippen LogP contribution in [0.15, 0.2) is 36.4 Å². The molecule has 14 heteroatoms. The lowest BCUT2D eigenvalue weighted by Gasteiger charge is -2.11. The summed E-state index contributed by atoms with van der Waals surface area (Å²) in [6.45, 7) is -2.25. The van der Waals surface area contributed by atoms with Crippen LogP contribution >= 0.6 is 58.0 Å². The second-order valence-electron chi connectivity index (χ2n) is 7.59. The van der Waals surface area contributed by atoms with Crippen molar-refractivity contribution in [3.63, 3.8) is 0 Å². The molecule has 1 saturated carbocycles. The number of benzene rings is 2. The fraction of sp³-hybridized carbons (Fsp3) is 0.286. The van der Waals surface area contributed by atoms with E-state index >= 15 is 0 Å². The number of hydrogen-bond donors (Lipinski definition) is 3. The van der Waals surface area contributed by atoms with Crippen molar-refractivity contribution in [2.24, 2.45) is 5.92 Å². The number of carbonyl (C=O) groups excluding carboxylic acids is 3. The van der Waals surface area contributed by atoms with Crippen molar-refractivity contribution < 1.29 is 27.6 Å². The first kappa shape index (κ1) is 27.7. The molecule has 0 saturated heterocycles. The van der Waals surface area contributed by atoms with E-state index in [4.69, 9.17) is 58.0 Å². The summed E-state index contributed by atoms with van der Waals surface area (Å²) in [4.78, 5) is 36.7. The molecule has 0 aliphatic heterocycles. The molecule has 3 amide bonds. The minimum atomic E-state index is -4.58. The second kappa shape index (κ2) is 10.6. The van der Waals surface area contributed by atoms with Gasteiger partial charge in [-0.25, -0.2) is 0 Å². The van der Waals surface area contributed by atoms with Gasteiger partial charge in [0.1, 0.15) is 10.9 Å². The maximum atomic E-state index is 12.9. The van der Waals surface area contributed by atoms with Gasteiger partial charge in [0.05, 0.1) is 23.0 Å². The Labute approximate surface area is 222 Å². The highest BCUT2D eigenvalue weighted by Crippen LogP contribution is 2.65. The van der Waals surface area contributed by atoms with Crippen LogP contribution in [0.4, 0.5) is 18.9 Å². The SMILES string of the molecule is O=C(CNC(=O)c1cc(NC(=O)C2C(c3cc(Cl)cc(Cl)c3)C2(Cl)Cl)ccc1Cl)NCC(F)(F)F. The fourth-order valence-corrected chi connectivity index (χ4v) is 4.91. The minimum Gasteiger partial charge on any atom is -0.345 e. The van der Waals surface area contributed by atoms with Gasteiger partial charge in [0.15, 0.2) is 0 Å². The van der Waals surface area contributed by atoms with Crippen molar-refractivity contribution in [2.75, 3.05) is 18.4 Å². The molecule has 2 unspecified atom stereocenters. The molecule has 35 heavy (non-hydrogen) atoms. The first-order valence-electron chi connectivity index (χ1n) is 9.75. The van der Waals surface area contributed by atoms with Gasteiger partial charge in [-0.3, -0.25) is 14.4 Å². The summed E-state index contributed by atoms with van der Waals surface area (Å²) in [6, 6.07) is 8.70. The summed E-state index contributed by atoms with van der Waals surface area (Å²) < 4.78 is 35.1. The number of anilines is 1. The molecule has 1 aliphatic rings. The van der Waals surface area contributed by atoms with Crippen molar-refractivity contribution in [1.29, 1.82) is 0 Å². The van der Waals surface area contributed by atoms with Crippen molar-refractivity contribution in [2.45, 2.75) is 16.4 Å². The summed E-state index contributed by atoms with van der Waals surface area (Å²) in [7, 11) is 0. The van der Waals surface area contributed by atoms with Gasteiger partial charge in [-0.05, 0) is 42.0 Å². The standard InChI is InChI=1S/C21H15Cl5F3N3O3/c22-10-3-9(4-11(23)5-10)16-17(21(16,25)26)19(35)32-12-1-2-14(24)13(6-12)18(34)30-7-15(33)31-8-20(27,28)29/h1-6,16-17H,7-8H2,(H,30,34)(H,31,33)(H,32,35). The van der Waals surface area contributed by atoms with E-state index in [2.05, 4.69) is 10.6 Å². The summed E-state index contributed by atoms with van der Waals surface area (Å²) >= 11 is 30.7. The third-order valence-electron chi connectivity index (χ3n) is 4.95. The van der Waals surface area contributed by atoms with Crippen LogP contribution in [0, 0.1) is 5.92 Å². The third kappa shape index (κ3) is 7.07. The Balaban J connectivity index is 1.66. The van der Waals surface area contributed by atoms with Crippen molar-refractivity contribution in [3.8, 4) is 0 Å². The van der Waals surface area contributed by atoms with E-state index < -0.39 is 53.2 Å². The minimum absolute atomic E-state index is 0.0156. The van der Waals surface area contributed by atoms with Gasteiger partial charge in [-0.2, -0.15) is 13.2 Å². The smallest absolute Gasteiger partial charge is 0.345 e. The molecule has 0 aromatic heterocycles. The molecule has 3 N–H and O–H groups in total. The van der Waals surface area contributed by atoms with Gasteiger partial charge in [0.2, 0.25) is 11.8 Å². The first-order valence-corrected chi connectivity index (χ1v) is 11.6. The zero-order chi connectivity index (χ0) is 26.1. The Hall–Kier alpha value is -1.91. The van der Waals surface area contributed by atoms with Crippen molar-refractivity contribution in [1.82, 2.24) is 10.6 Å². The zero-order valence-corrected chi connectivity index (χ0v) is 21.1. The average Bonchev–Trinajstić information content (AvgIpc) is 3.32. The van der Waals surface area contributed by atoms with Gasteiger partial charge in [-0.1, -0.05) is 34.8 Å². The van der Waals surface area contributed by atoms with Crippen LogP contribution in [0.5, 0.6) is 0 Å². The monoisotopic (exact) mass is 589 g/mol. The molecule has 2 aromatic carbocycles. The number of hydrogen-bond acceptors (Lipinski definition) is 3. The van der Waals surface area contributed by atoms with Crippen LogP contribution in [0.2, 0.25) is 15.1 Å². The van der Waals surface area contributed by atoms with Crippen LogP contribution in [0.25, 0.3) is 0 Å². The Morgan fingerprint density at radius 3 is 2.17 bits per heavy atom. The van der Waals surface area contributed by atoms with E-state index in [-0.39, 0.29) is 16.3 Å². The fourth-order valence-electron chi connectivity index (χ4n) is 3.34. The Morgan fingerprint density at radius 2 is 1.57 bits per heavy atom. The Bertz CT molecular complexity index is 1160. The molecular formula is C21H15Cl5F3N3O3. The summed E-state index contributed by atoms with van der Waals surface area (Å²) in [5, 5.41) is 7.06.